The second kappa shape index (κ2) is 7.16. The number of carbonyl (C=O) groups excluding carboxylic acids is 2. The number of rotatable bonds is 4. The fourth-order valence-electron chi connectivity index (χ4n) is 1.82. The standard InChI is InChI=1S/C17H20N2O5/c1-5-22-15(20)13-10-23-14(19-13)11-6-8-12(9-7-11)18-16(21)24-17(2,3)4/h6-10H,5H2,1-4H3,(H,18,21). The summed E-state index contributed by atoms with van der Waals surface area (Å²) >= 11 is 0. The van der Waals surface area contributed by atoms with E-state index in [1.807, 2.05) is 0 Å². The molecule has 24 heavy (non-hydrogen) atoms. The lowest BCUT2D eigenvalue weighted by Crippen LogP contribution is -2.27. The van der Waals surface area contributed by atoms with Gasteiger partial charge in [-0.15, -0.1) is 0 Å². The molecule has 0 radical (unpaired) electrons. The Labute approximate surface area is 140 Å². The van der Waals surface area contributed by atoms with Crippen molar-refractivity contribution < 1.29 is 23.5 Å². The molecular weight excluding hydrogens is 312 g/mol. The van der Waals surface area contributed by atoms with Gasteiger partial charge in [-0.3, -0.25) is 5.32 Å². The molecule has 2 rings (SSSR count). The maximum absolute atomic E-state index is 11.7. The van der Waals surface area contributed by atoms with Crippen LogP contribution >= 0.6 is 0 Å². The number of nitrogens with one attached hydrogen (secondary N) is 1. The Kier molecular flexibility index (Phi) is 5.23. The lowest BCUT2D eigenvalue weighted by molar-refractivity contribution is 0.0518. The summed E-state index contributed by atoms with van der Waals surface area (Å²) < 4.78 is 15.3. The average molecular weight is 332 g/mol. The first-order valence-corrected chi connectivity index (χ1v) is 7.51. The zero-order valence-electron chi connectivity index (χ0n) is 14.1. The van der Waals surface area contributed by atoms with Crippen LogP contribution in [0.4, 0.5) is 10.5 Å². The minimum Gasteiger partial charge on any atom is -0.461 e. The Morgan fingerprint density at radius 3 is 2.46 bits per heavy atom. The highest BCUT2D eigenvalue weighted by atomic mass is 16.6. The monoisotopic (exact) mass is 332 g/mol. The average Bonchev–Trinajstić information content (AvgIpc) is 2.96. The van der Waals surface area contributed by atoms with Gasteiger partial charge in [-0.2, -0.15) is 0 Å². The molecule has 0 spiro atoms. The van der Waals surface area contributed by atoms with Gasteiger partial charge in [-0.1, -0.05) is 0 Å². The topological polar surface area (TPSA) is 90.7 Å². The molecule has 2 aromatic rings. The first-order chi connectivity index (χ1) is 11.3. The number of nitrogens with zero attached hydrogens (tertiary/aromatic N) is 1. The summed E-state index contributed by atoms with van der Waals surface area (Å²) in [6.07, 6.45) is 0.719. The molecule has 1 amide bonds. The normalized spacial score (nSPS) is 11.0. The molecule has 1 aromatic carbocycles. The zero-order chi connectivity index (χ0) is 17.7. The number of hydrogen-bond donors (Lipinski definition) is 1. The lowest BCUT2D eigenvalue weighted by atomic mass is 10.2. The summed E-state index contributed by atoms with van der Waals surface area (Å²) in [5.74, 6) is -0.238. The first-order valence-electron chi connectivity index (χ1n) is 7.51. The van der Waals surface area contributed by atoms with E-state index in [1.165, 1.54) is 6.26 Å². The molecule has 7 heteroatoms. The third kappa shape index (κ3) is 4.84. The fourth-order valence-corrected chi connectivity index (χ4v) is 1.82. The van der Waals surface area contributed by atoms with E-state index in [9.17, 15) is 9.59 Å². The van der Waals surface area contributed by atoms with Crippen LogP contribution in [-0.4, -0.2) is 29.3 Å². The highest BCUT2D eigenvalue weighted by Gasteiger charge is 2.17. The van der Waals surface area contributed by atoms with Gasteiger partial charge in [0.1, 0.15) is 11.9 Å². The molecule has 0 bridgehead atoms. The molecule has 0 saturated heterocycles. The largest absolute Gasteiger partial charge is 0.461 e. The Hall–Kier alpha value is -2.83. The predicted octanol–water partition coefficient (Wildman–Crippen LogP) is 3.87. The van der Waals surface area contributed by atoms with Crippen LogP contribution in [0.1, 0.15) is 38.2 Å². The van der Waals surface area contributed by atoms with Gasteiger partial charge in [-0.05, 0) is 52.0 Å². The molecule has 0 aliphatic heterocycles. The van der Waals surface area contributed by atoms with Gasteiger partial charge in [-0.25, -0.2) is 14.6 Å². The molecule has 1 heterocycles. The van der Waals surface area contributed by atoms with E-state index in [2.05, 4.69) is 10.3 Å². The lowest BCUT2D eigenvalue weighted by Gasteiger charge is -2.19. The molecule has 0 unspecified atom stereocenters. The van der Waals surface area contributed by atoms with Gasteiger partial charge in [0.2, 0.25) is 5.89 Å². The summed E-state index contributed by atoms with van der Waals surface area (Å²) in [6, 6.07) is 6.81. The summed E-state index contributed by atoms with van der Waals surface area (Å²) in [6.45, 7) is 7.36. The van der Waals surface area contributed by atoms with Crippen LogP contribution in [0.5, 0.6) is 0 Å². The number of anilines is 1. The van der Waals surface area contributed by atoms with E-state index in [4.69, 9.17) is 13.9 Å². The number of ether oxygens (including phenoxy) is 2. The van der Waals surface area contributed by atoms with E-state index in [-0.39, 0.29) is 12.3 Å². The maximum atomic E-state index is 11.7. The number of esters is 1. The van der Waals surface area contributed by atoms with Crippen molar-refractivity contribution in [1.29, 1.82) is 0 Å². The second-order valence-electron chi connectivity index (χ2n) is 5.96. The van der Waals surface area contributed by atoms with Crippen LogP contribution < -0.4 is 5.32 Å². The number of carbonyl (C=O) groups is 2. The number of amides is 1. The molecule has 1 aromatic heterocycles. The highest BCUT2D eigenvalue weighted by molar-refractivity contribution is 5.87. The Morgan fingerprint density at radius 1 is 1.21 bits per heavy atom. The molecule has 7 nitrogen and oxygen atoms in total. The SMILES string of the molecule is CCOC(=O)c1coc(-c2ccc(NC(=O)OC(C)(C)C)cc2)n1. The molecule has 0 fully saturated rings. The second-order valence-corrected chi connectivity index (χ2v) is 5.96. The quantitative estimate of drug-likeness (QED) is 0.855. The van der Waals surface area contributed by atoms with Crippen LogP contribution in [0.15, 0.2) is 34.9 Å². The predicted molar refractivity (Wildman–Crippen MR) is 87.8 cm³/mol. The van der Waals surface area contributed by atoms with Crippen LogP contribution in [0.25, 0.3) is 11.5 Å². The van der Waals surface area contributed by atoms with Crippen molar-refractivity contribution in [2.45, 2.75) is 33.3 Å². The molecule has 1 N–H and O–H groups in total. The molecule has 0 aliphatic carbocycles. The highest BCUT2D eigenvalue weighted by Crippen LogP contribution is 2.21. The smallest absolute Gasteiger partial charge is 0.412 e. The number of oxazole rings is 1. The van der Waals surface area contributed by atoms with Crippen molar-refractivity contribution in [2.75, 3.05) is 11.9 Å². The third-order valence-corrected chi connectivity index (χ3v) is 2.77. The van der Waals surface area contributed by atoms with Crippen LogP contribution in [-0.2, 0) is 9.47 Å². The van der Waals surface area contributed by atoms with Crippen LogP contribution in [0.3, 0.4) is 0 Å². The number of hydrogen-bond acceptors (Lipinski definition) is 6. The first kappa shape index (κ1) is 17.5. The molecule has 0 atom stereocenters. The van der Waals surface area contributed by atoms with E-state index < -0.39 is 17.7 Å². The van der Waals surface area contributed by atoms with E-state index >= 15 is 0 Å². The van der Waals surface area contributed by atoms with Gasteiger partial charge in [0.15, 0.2) is 5.69 Å². The Bertz CT molecular complexity index is 713. The van der Waals surface area contributed by atoms with E-state index in [0.717, 1.165) is 0 Å². The van der Waals surface area contributed by atoms with E-state index in [0.29, 0.717) is 17.1 Å². The zero-order valence-corrected chi connectivity index (χ0v) is 14.1. The van der Waals surface area contributed by atoms with Crippen molar-refractivity contribution in [2.24, 2.45) is 0 Å². The minimum absolute atomic E-state index is 0.114. The molecule has 0 saturated carbocycles. The summed E-state index contributed by atoms with van der Waals surface area (Å²) in [5.41, 5.74) is 0.791. The van der Waals surface area contributed by atoms with Crippen molar-refractivity contribution >= 4 is 17.7 Å². The maximum Gasteiger partial charge on any atom is 0.412 e. The summed E-state index contributed by atoms with van der Waals surface area (Å²) in [5, 5.41) is 2.63. The van der Waals surface area contributed by atoms with Gasteiger partial charge >= 0.3 is 12.1 Å². The fraction of sp³-hybridized carbons (Fsp3) is 0.353. The third-order valence-electron chi connectivity index (χ3n) is 2.77. The summed E-state index contributed by atoms with van der Waals surface area (Å²) in [7, 11) is 0. The van der Waals surface area contributed by atoms with Crippen molar-refractivity contribution in [3.8, 4) is 11.5 Å². The number of benzene rings is 1. The molecule has 0 aliphatic rings. The van der Waals surface area contributed by atoms with Crippen molar-refractivity contribution in [3.05, 3.63) is 36.2 Å². The Morgan fingerprint density at radius 2 is 1.88 bits per heavy atom. The van der Waals surface area contributed by atoms with Crippen LogP contribution in [0.2, 0.25) is 0 Å². The van der Waals surface area contributed by atoms with Crippen molar-refractivity contribution in [3.63, 3.8) is 0 Å². The molecule has 128 valence electrons. The van der Waals surface area contributed by atoms with Crippen LogP contribution in [0, 0.1) is 0 Å². The van der Waals surface area contributed by atoms with Crippen molar-refractivity contribution in [1.82, 2.24) is 4.98 Å². The Balaban J connectivity index is 2.04. The van der Waals surface area contributed by atoms with Gasteiger partial charge in [0.25, 0.3) is 0 Å². The minimum atomic E-state index is -0.564. The van der Waals surface area contributed by atoms with Gasteiger partial charge in [0.05, 0.1) is 6.61 Å². The molecular formula is C17H20N2O5. The van der Waals surface area contributed by atoms with E-state index in [1.54, 1.807) is 52.0 Å². The van der Waals surface area contributed by atoms with Gasteiger partial charge in [0, 0.05) is 11.3 Å². The number of aromatic nitrogens is 1. The summed E-state index contributed by atoms with van der Waals surface area (Å²) in [4.78, 5) is 27.4. The van der Waals surface area contributed by atoms with Gasteiger partial charge < -0.3 is 13.9 Å².